The normalized spacial score (nSPS) is 10.4. The fraction of sp³-hybridized carbons (Fsp3) is 0.462. The van der Waals surface area contributed by atoms with Gasteiger partial charge in [-0.3, -0.25) is 4.79 Å². The van der Waals surface area contributed by atoms with Crippen LogP contribution in [0.15, 0.2) is 24.3 Å². The molecule has 0 radical (unpaired) electrons. The van der Waals surface area contributed by atoms with Gasteiger partial charge in [0.05, 0.1) is 13.2 Å². The molecule has 1 aromatic rings. The van der Waals surface area contributed by atoms with E-state index in [9.17, 15) is 4.79 Å². The standard InChI is InChI=1S/C13H20N2O2/c1-10(2)15-13(16)8-14-12-7-5-4-6-11(12)9-17-3/h4-7,10,14H,8-9H2,1-3H3,(H,15,16). The van der Waals surface area contributed by atoms with Crippen LogP contribution in [0.4, 0.5) is 5.69 Å². The fourth-order valence-electron chi connectivity index (χ4n) is 1.52. The molecule has 0 spiro atoms. The van der Waals surface area contributed by atoms with Crippen molar-refractivity contribution in [3.8, 4) is 0 Å². The van der Waals surface area contributed by atoms with Gasteiger partial charge in [-0.2, -0.15) is 0 Å². The third kappa shape index (κ3) is 4.87. The van der Waals surface area contributed by atoms with E-state index in [0.717, 1.165) is 11.3 Å². The summed E-state index contributed by atoms with van der Waals surface area (Å²) in [7, 11) is 1.66. The van der Waals surface area contributed by atoms with Crippen LogP contribution >= 0.6 is 0 Å². The van der Waals surface area contributed by atoms with Crippen molar-refractivity contribution < 1.29 is 9.53 Å². The Morgan fingerprint density at radius 2 is 2.06 bits per heavy atom. The predicted molar refractivity (Wildman–Crippen MR) is 68.9 cm³/mol. The van der Waals surface area contributed by atoms with E-state index in [4.69, 9.17) is 4.74 Å². The summed E-state index contributed by atoms with van der Waals surface area (Å²) < 4.78 is 5.10. The first-order chi connectivity index (χ1) is 8.13. The summed E-state index contributed by atoms with van der Waals surface area (Å²) in [4.78, 5) is 11.5. The summed E-state index contributed by atoms with van der Waals surface area (Å²) in [5.41, 5.74) is 1.99. The summed E-state index contributed by atoms with van der Waals surface area (Å²) in [5, 5.41) is 5.94. The van der Waals surface area contributed by atoms with Gasteiger partial charge in [0.2, 0.25) is 5.91 Å². The van der Waals surface area contributed by atoms with Gasteiger partial charge in [-0.1, -0.05) is 18.2 Å². The zero-order valence-electron chi connectivity index (χ0n) is 10.6. The Labute approximate surface area is 102 Å². The van der Waals surface area contributed by atoms with Crippen LogP contribution in [0.2, 0.25) is 0 Å². The van der Waals surface area contributed by atoms with Crippen molar-refractivity contribution in [2.45, 2.75) is 26.5 Å². The van der Waals surface area contributed by atoms with Gasteiger partial charge in [0.1, 0.15) is 0 Å². The van der Waals surface area contributed by atoms with Crippen molar-refractivity contribution in [3.05, 3.63) is 29.8 Å². The molecular weight excluding hydrogens is 216 g/mol. The maximum absolute atomic E-state index is 11.5. The zero-order chi connectivity index (χ0) is 12.7. The molecule has 0 saturated heterocycles. The van der Waals surface area contributed by atoms with Crippen molar-refractivity contribution in [2.24, 2.45) is 0 Å². The number of para-hydroxylation sites is 1. The number of benzene rings is 1. The number of carbonyl (C=O) groups excluding carboxylic acids is 1. The lowest BCUT2D eigenvalue weighted by Gasteiger charge is -2.12. The number of hydrogen-bond donors (Lipinski definition) is 2. The monoisotopic (exact) mass is 236 g/mol. The molecule has 0 aliphatic heterocycles. The van der Waals surface area contributed by atoms with Gasteiger partial charge in [-0.05, 0) is 19.9 Å². The molecule has 4 heteroatoms. The van der Waals surface area contributed by atoms with E-state index in [-0.39, 0.29) is 18.5 Å². The summed E-state index contributed by atoms with van der Waals surface area (Å²) in [5.74, 6) is -0.00720. The van der Waals surface area contributed by atoms with Gasteiger partial charge in [0.25, 0.3) is 0 Å². The molecule has 1 rings (SSSR count). The van der Waals surface area contributed by atoms with Gasteiger partial charge in [0, 0.05) is 24.4 Å². The SMILES string of the molecule is COCc1ccccc1NCC(=O)NC(C)C. The molecule has 0 heterocycles. The lowest BCUT2D eigenvalue weighted by Crippen LogP contribution is -2.34. The molecule has 2 N–H and O–H groups in total. The van der Waals surface area contributed by atoms with E-state index < -0.39 is 0 Å². The maximum Gasteiger partial charge on any atom is 0.239 e. The second kappa shape index (κ2) is 6.91. The molecule has 0 fully saturated rings. The second-order valence-electron chi connectivity index (χ2n) is 4.17. The lowest BCUT2D eigenvalue weighted by molar-refractivity contribution is -0.119. The second-order valence-corrected chi connectivity index (χ2v) is 4.17. The molecule has 94 valence electrons. The number of methoxy groups -OCH3 is 1. The first kappa shape index (κ1) is 13.5. The van der Waals surface area contributed by atoms with Gasteiger partial charge >= 0.3 is 0 Å². The average Bonchev–Trinajstić information content (AvgIpc) is 2.27. The maximum atomic E-state index is 11.5. The van der Waals surface area contributed by atoms with Gasteiger partial charge < -0.3 is 15.4 Å². The summed E-state index contributed by atoms with van der Waals surface area (Å²) in [6.07, 6.45) is 0. The van der Waals surface area contributed by atoms with Crippen LogP contribution in [0.5, 0.6) is 0 Å². The van der Waals surface area contributed by atoms with Crippen molar-refractivity contribution in [3.63, 3.8) is 0 Å². The number of nitrogens with one attached hydrogen (secondary N) is 2. The number of hydrogen-bond acceptors (Lipinski definition) is 3. The largest absolute Gasteiger partial charge is 0.380 e. The van der Waals surface area contributed by atoms with Crippen molar-refractivity contribution in [2.75, 3.05) is 19.0 Å². The lowest BCUT2D eigenvalue weighted by atomic mass is 10.2. The number of ether oxygens (including phenoxy) is 1. The van der Waals surface area contributed by atoms with Gasteiger partial charge in [-0.15, -0.1) is 0 Å². The molecule has 0 aromatic heterocycles. The Kier molecular flexibility index (Phi) is 5.49. The average molecular weight is 236 g/mol. The quantitative estimate of drug-likeness (QED) is 0.791. The van der Waals surface area contributed by atoms with Crippen LogP contribution in [0.25, 0.3) is 0 Å². The fourth-order valence-corrected chi connectivity index (χ4v) is 1.52. The third-order valence-electron chi connectivity index (χ3n) is 2.21. The highest BCUT2D eigenvalue weighted by atomic mass is 16.5. The Hall–Kier alpha value is -1.55. The highest BCUT2D eigenvalue weighted by Gasteiger charge is 2.05. The first-order valence-corrected chi connectivity index (χ1v) is 5.73. The summed E-state index contributed by atoms with van der Waals surface area (Å²) in [6.45, 7) is 4.70. The zero-order valence-corrected chi connectivity index (χ0v) is 10.6. The minimum Gasteiger partial charge on any atom is -0.380 e. The van der Waals surface area contributed by atoms with Crippen molar-refractivity contribution >= 4 is 11.6 Å². The molecule has 0 aliphatic rings. The van der Waals surface area contributed by atoms with Crippen LogP contribution in [0.1, 0.15) is 19.4 Å². The summed E-state index contributed by atoms with van der Waals surface area (Å²) in [6, 6.07) is 7.97. The molecule has 0 saturated carbocycles. The van der Waals surface area contributed by atoms with Crippen molar-refractivity contribution in [1.82, 2.24) is 5.32 Å². The van der Waals surface area contributed by atoms with Gasteiger partial charge in [-0.25, -0.2) is 0 Å². The van der Waals surface area contributed by atoms with Gasteiger partial charge in [0.15, 0.2) is 0 Å². The van der Waals surface area contributed by atoms with E-state index in [1.807, 2.05) is 38.1 Å². The van der Waals surface area contributed by atoms with E-state index >= 15 is 0 Å². The number of rotatable bonds is 6. The third-order valence-corrected chi connectivity index (χ3v) is 2.21. The van der Waals surface area contributed by atoms with E-state index in [1.54, 1.807) is 7.11 Å². The Balaban J connectivity index is 2.53. The van der Waals surface area contributed by atoms with E-state index in [2.05, 4.69) is 10.6 Å². The molecule has 17 heavy (non-hydrogen) atoms. The topological polar surface area (TPSA) is 50.4 Å². The van der Waals surface area contributed by atoms with Crippen LogP contribution < -0.4 is 10.6 Å². The Morgan fingerprint density at radius 3 is 2.71 bits per heavy atom. The number of anilines is 1. The molecule has 1 amide bonds. The Bertz CT molecular complexity index is 364. The predicted octanol–water partition coefficient (Wildman–Crippen LogP) is 1.77. The minimum atomic E-state index is -0.00720. The van der Waals surface area contributed by atoms with Crippen LogP contribution in [0.3, 0.4) is 0 Å². The first-order valence-electron chi connectivity index (χ1n) is 5.73. The smallest absolute Gasteiger partial charge is 0.239 e. The van der Waals surface area contributed by atoms with Crippen LogP contribution in [-0.2, 0) is 16.1 Å². The number of carbonyl (C=O) groups is 1. The van der Waals surface area contributed by atoms with Crippen LogP contribution in [-0.4, -0.2) is 25.6 Å². The molecule has 4 nitrogen and oxygen atoms in total. The summed E-state index contributed by atoms with van der Waals surface area (Å²) >= 11 is 0. The molecule has 0 bridgehead atoms. The van der Waals surface area contributed by atoms with E-state index in [0.29, 0.717) is 6.61 Å². The molecule has 0 aliphatic carbocycles. The van der Waals surface area contributed by atoms with Crippen LogP contribution in [0, 0.1) is 0 Å². The van der Waals surface area contributed by atoms with Crippen molar-refractivity contribution in [1.29, 1.82) is 0 Å². The van der Waals surface area contributed by atoms with E-state index in [1.165, 1.54) is 0 Å². The molecular formula is C13H20N2O2. The molecule has 0 unspecified atom stereocenters. The Morgan fingerprint density at radius 1 is 1.35 bits per heavy atom. The molecule has 1 aromatic carbocycles. The molecule has 0 atom stereocenters. The highest BCUT2D eigenvalue weighted by molar-refractivity contribution is 5.81. The number of amides is 1. The highest BCUT2D eigenvalue weighted by Crippen LogP contribution is 2.15. The minimum absolute atomic E-state index is 0.00720.